The molecule has 0 atom stereocenters. The number of methoxy groups -OCH3 is 1. The maximum atomic E-state index is 12.1. The van der Waals surface area contributed by atoms with Gasteiger partial charge in [0, 0.05) is 24.0 Å². The highest BCUT2D eigenvalue weighted by atomic mass is 35.5. The molecule has 0 aliphatic carbocycles. The lowest BCUT2D eigenvalue weighted by atomic mass is 10.1. The number of carbonyl (C=O) groups excluding carboxylic acids is 1. The molecule has 0 amide bonds. The molecule has 1 aromatic carbocycles. The molecule has 2 rings (SSSR count). The van der Waals surface area contributed by atoms with Crippen molar-refractivity contribution in [1.29, 1.82) is 0 Å². The van der Waals surface area contributed by atoms with Gasteiger partial charge in [-0.25, -0.2) is 0 Å². The SMILES string of the molecule is COc1ccc(C(=O)CSC2CCOCC2)cc1Cl. The first-order valence-corrected chi connectivity index (χ1v) is 7.69. The first-order valence-electron chi connectivity index (χ1n) is 6.27. The third kappa shape index (κ3) is 4.13. The second-order valence-electron chi connectivity index (χ2n) is 4.40. The van der Waals surface area contributed by atoms with Crippen LogP contribution in [0.4, 0.5) is 0 Å². The van der Waals surface area contributed by atoms with Gasteiger partial charge in [0.15, 0.2) is 5.78 Å². The number of carbonyl (C=O) groups is 1. The highest BCUT2D eigenvalue weighted by Gasteiger charge is 2.16. The van der Waals surface area contributed by atoms with Crippen molar-refractivity contribution in [2.24, 2.45) is 0 Å². The lowest BCUT2D eigenvalue weighted by Gasteiger charge is -2.21. The summed E-state index contributed by atoms with van der Waals surface area (Å²) in [7, 11) is 1.56. The van der Waals surface area contributed by atoms with Gasteiger partial charge in [0.25, 0.3) is 0 Å². The zero-order valence-corrected chi connectivity index (χ0v) is 12.4. The fourth-order valence-corrected chi connectivity index (χ4v) is 3.30. The second-order valence-corrected chi connectivity index (χ2v) is 6.09. The van der Waals surface area contributed by atoms with Crippen LogP contribution in [0.5, 0.6) is 5.75 Å². The van der Waals surface area contributed by atoms with Crippen LogP contribution in [-0.2, 0) is 4.74 Å². The van der Waals surface area contributed by atoms with E-state index in [0.717, 1.165) is 26.1 Å². The number of benzene rings is 1. The van der Waals surface area contributed by atoms with Crippen LogP contribution in [0.2, 0.25) is 5.02 Å². The van der Waals surface area contributed by atoms with Crippen LogP contribution in [0.3, 0.4) is 0 Å². The molecule has 3 nitrogen and oxygen atoms in total. The Balaban J connectivity index is 1.90. The molecule has 19 heavy (non-hydrogen) atoms. The van der Waals surface area contributed by atoms with Gasteiger partial charge in [-0.2, -0.15) is 11.8 Å². The lowest BCUT2D eigenvalue weighted by Crippen LogP contribution is -2.19. The van der Waals surface area contributed by atoms with Gasteiger partial charge in [-0.05, 0) is 31.0 Å². The van der Waals surface area contributed by atoms with E-state index in [9.17, 15) is 4.79 Å². The van der Waals surface area contributed by atoms with Crippen LogP contribution in [0, 0.1) is 0 Å². The molecule has 5 heteroatoms. The highest BCUT2D eigenvalue weighted by Crippen LogP contribution is 2.27. The third-order valence-corrected chi connectivity index (χ3v) is 4.76. The van der Waals surface area contributed by atoms with Crippen LogP contribution in [0.15, 0.2) is 18.2 Å². The van der Waals surface area contributed by atoms with Gasteiger partial charge < -0.3 is 9.47 Å². The van der Waals surface area contributed by atoms with Crippen molar-refractivity contribution in [2.45, 2.75) is 18.1 Å². The first-order chi connectivity index (χ1) is 9.20. The van der Waals surface area contributed by atoms with Crippen LogP contribution < -0.4 is 4.74 Å². The largest absolute Gasteiger partial charge is 0.495 e. The molecule has 1 saturated heterocycles. The third-order valence-electron chi connectivity index (χ3n) is 3.09. The van der Waals surface area contributed by atoms with Crippen LogP contribution in [-0.4, -0.2) is 37.1 Å². The van der Waals surface area contributed by atoms with Gasteiger partial charge in [0.2, 0.25) is 0 Å². The van der Waals surface area contributed by atoms with E-state index in [1.165, 1.54) is 0 Å². The van der Waals surface area contributed by atoms with E-state index in [0.29, 0.717) is 27.3 Å². The molecule has 0 unspecified atom stereocenters. The summed E-state index contributed by atoms with van der Waals surface area (Å²) in [4.78, 5) is 12.1. The van der Waals surface area contributed by atoms with Gasteiger partial charge in [-0.3, -0.25) is 4.79 Å². The van der Waals surface area contributed by atoms with Crippen LogP contribution >= 0.6 is 23.4 Å². The minimum absolute atomic E-state index is 0.112. The summed E-state index contributed by atoms with van der Waals surface area (Å²) in [5, 5.41) is 1.01. The number of thioether (sulfide) groups is 1. The number of hydrogen-bond donors (Lipinski definition) is 0. The van der Waals surface area contributed by atoms with Gasteiger partial charge in [0.05, 0.1) is 17.9 Å². The Hall–Kier alpha value is -0.710. The van der Waals surface area contributed by atoms with E-state index >= 15 is 0 Å². The molecule has 0 saturated carbocycles. The smallest absolute Gasteiger partial charge is 0.172 e. The predicted molar refractivity (Wildman–Crippen MR) is 78.6 cm³/mol. The topological polar surface area (TPSA) is 35.5 Å². The van der Waals surface area contributed by atoms with Crippen LogP contribution in [0.1, 0.15) is 23.2 Å². The summed E-state index contributed by atoms with van der Waals surface area (Å²) >= 11 is 7.73. The lowest BCUT2D eigenvalue weighted by molar-refractivity contribution is 0.0988. The van der Waals surface area contributed by atoms with E-state index in [1.54, 1.807) is 37.1 Å². The summed E-state index contributed by atoms with van der Waals surface area (Å²) in [6.45, 7) is 1.61. The fourth-order valence-electron chi connectivity index (χ4n) is 1.96. The minimum atomic E-state index is 0.112. The molecular formula is C14H17ClO3S. The summed E-state index contributed by atoms with van der Waals surface area (Å²) in [5.41, 5.74) is 0.644. The number of ether oxygens (including phenoxy) is 2. The molecule has 0 spiro atoms. The van der Waals surface area contributed by atoms with Gasteiger partial charge in [-0.1, -0.05) is 11.6 Å². The molecular weight excluding hydrogens is 284 g/mol. The highest BCUT2D eigenvalue weighted by molar-refractivity contribution is 8.00. The van der Waals surface area contributed by atoms with Crippen molar-refractivity contribution in [2.75, 3.05) is 26.1 Å². The summed E-state index contributed by atoms with van der Waals surface area (Å²) in [6, 6.07) is 5.17. The zero-order valence-electron chi connectivity index (χ0n) is 10.9. The van der Waals surface area contributed by atoms with E-state index < -0.39 is 0 Å². The summed E-state index contributed by atoms with van der Waals surface area (Å²) in [5.74, 6) is 1.20. The standard InChI is InChI=1S/C14H17ClO3S/c1-17-14-3-2-10(8-12(14)15)13(16)9-19-11-4-6-18-7-5-11/h2-3,8,11H,4-7,9H2,1H3. The van der Waals surface area contributed by atoms with E-state index in [1.807, 2.05) is 0 Å². The maximum absolute atomic E-state index is 12.1. The van der Waals surface area contributed by atoms with E-state index in [2.05, 4.69) is 0 Å². The average Bonchev–Trinajstić information content (AvgIpc) is 2.45. The van der Waals surface area contributed by atoms with Crippen molar-refractivity contribution in [3.05, 3.63) is 28.8 Å². The molecule has 0 radical (unpaired) electrons. The van der Waals surface area contributed by atoms with Crippen molar-refractivity contribution < 1.29 is 14.3 Å². The summed E-state index contributed by atoms with van der Waals surface area (Å²) < 4.78 is 10.4. The zero-order chi connectivity index (χ0) is 13.7. The first kappa shape index (κ1) is 14.7. The minimum Gasteiger partial charge on any atom is -0.495 e. The molecule has 1 aromatic rings. The monoisotopic (exact) mass is 300 g/mol. The Morgan fingerprint density at radius 1 is 1.47 bits per heavy atom. The van der Waals surface area contributed by atoms with Crippen LogP contribution in [0.25, 0.3) is 0 Å². The Labute approximate surface area is 122 Å². The Bertz CT molecular complexity index is 444. The Morgan fingerprint density at radius 2 is 2.21 bits per heavy atom. The number of hydrogen-bond acceptors (Lipinski definition) is 4. The predicted octanol–water partition coefficient (Wildman–Crippen LogP) is 3.44. The molecule has 1 aliphatic rings. The molecule has 0 bridgehead atoms. The Kier molecular flexibility index (Phi) is 5.55. The van der Waals surface area contributed by atoms with E-state index in [4.69, 9.17) is 21.1 Å². The average molecular weight is 301 g/mol. The molecule has 0 aromatic heterocycles. The molecule has 1 heterocycles. The number of ketones is 1. The van der Waals surface area contributed by atoms with Crippen molar-refractivity contribution >= 4 is 29.1 Å². The number of rotatable bonds is 5. The van der Waals surface area contributed by atoms with Crippen molar-refractivity contribution in [3.8, 4) is 5.75 Å². The normalized spacial score (nSPS) is 16.3. The van der Waals surface area contributed by atoms with Crippen molar-refractivity contribution in [1.82, 2.24) is 0 Å². The molecule has 1 aliphatic heterocycles. The van der Waals surface area contributed by atoms with Gasteiger partial charge in [-0.15, -0.1) is 0 Å². The molecule has 0 N–H and O–H groups in total. The number of halogens is 1. The number of Topliss-reactive ketones (excluding diaryl/α,β-unsaturated/α-hetero) is 1. The Morgan fingerprint density at radius 3 is 2.84 bits per heavy atom. The quantitative estimate of drug-likeness (QED) is 0.780. The van der Waals surface area contributed by atoms with Gasteiger partial charge >= 0.3 is 0 Å². The second kappa shape index (κ2) is 7.17. The van der Waals surface area contributed by atoms with E-state index in [-0.39, 0.29) is 5.78 Å². The van der Waals surface area contributed by atoms with Crippen molar-refractivity contribution in [3.63, 3.8) is 0 Å². The maximum Gasteiger partial charge on any atom is 0.172 e. The van der Waals surface area contributed by atoms with Gasteiger partial charge in [0.1, 0.15) is 5.75 Å². The molecule has 1 fully saturated rings. The summed E-state index contributed by atoms with van der Waals surface area (Å²) in [6.07, 6.45) is 2.06. The molecule has 104 valence electrons. The fraction of sp³-hybridized carbons (Fsp3) is 0.500.